The molecule has 6 heteroatoms. The zero-order chi connectivity index (χ0) is 12.8. The van der Waals surface area contributed by atoms with Gasteiger partial charge in [-0.25, -0.2) is 0 Å². The molecular weight excluding hydrogens is 232 g/mol. The van der Waals surface area contributed by atoms with E-state index in [1.54, 1.807) is 6.07 Å². The highest BCUT2D eigenvalue weighted by molar-refractivity contribution is 5.93. The van der Waals surface area contributed by atoms with Gasteiger partial charge in [0.25, 0.3) is 5.91 Å². The molecule has 1 aromatic heterocycles. The summed E-state index contributed by atoms with van der Waals surface area (Å²) in [7, 11) is 0. The van der Waals surface area contributed by atoms with Crippen LogP contribution in [0.4, 0.5) is 0 Å². The molecule has 0 atom stereocenters. The average Bonchev–Trinajstić information content (AvgIpc) is 2.65. The average molecular weight is 250 g/mol. The van der Waals surface area contributed by atoms with E-state index in [1.807, 2.05) is 4.90 Å². The first-order valence-corrected chi connectivity index (χ1v) is 6.20. The van der Waals surface area contributed by atoms with E-state index in [1.165, 1.54) is 12.4 Å². The fourth-order valence-electron chi connectivity index (χ4n) is 2.14. The van der Waals surface area contributed by atoms with Gasteiger partial charge in [0.15, 0.2) is 0 Å². The van der Waals surface area contributed by atoms with Crippen molar-refractivity contribution in [3.05, 3.63) is 24.0 Å². The lowest BCUT2D eigenvalue weighted by Crippen LogP contribution is -2.36. The van der Waals surface area contributed by atoms with Gasteiger partial charge in [-0.2, -0.15) is 10.2 Å². The van der Waals surface area contributed by atoms with E-state index in [2.05, 4.69) is 15.1 Å². The van der Waals surface area contributed by atoms with Crippen molar-refractivity contribution in [2.45, 2.75) is 6.42 Å². The van der Waals surface area contributed by atoms with E-state index >= 15 is 0 Å². The lowest BCUT2D eigenvalue weighted by atomic mass is 10.2. The monoisotopic (exact) mass is 250 g/mol. The maximum atomic E-state index is 12.2. The first-order chi connectivity index (χ1) is 8.81. The van der Waals surface area contributed by atoms with Crippen LogP contribution in [-0.2, 0) is 0 Å². The Morgan fingerprint density at radius 3 is 2.89 bits per heavy atom. The number of rotatable bonds is 3. The summed E-state index contributed by atoms with van der Waals surface area (Å²) in [5.41, 5.74) is 0.584. The molecular formula is C12H18N4O2. The molecule has 18 heavy (non-hydrogen) atoms. The normalized spacial score (nSPS) is 17.5. The largest absolute Gasteiger partial charge is 0.395 e. The van der Waals surface area contributed by atoms with Crippen LogP contribution in [0.3, 0.4) is 0 Å². The van der Waals surface area contributed by atoms with Crippen LogP contribution in [-0.4, -0.2) is 70.3 Å². The molecule has 98 valence electrons. The highest BCUT2D eigenvalue weighted by Crippen LogP contribution is 2.07. The van der Waals surface area contributed by atoms with E-state index in [0.29, 0.717) is 18.7 Å². The number of aliphatic hydroxyl groups excluding tert-OH is 1. The van der Waals surface area contributed by atoms with Crippen molar-refractivity contribution in [1.29, 1.82) is 0 Å². The number of aliphatic hydroxyl groups is 1. The molecule has 0 unspecified atom stereocenters. The molecule has 0 aliphatic carbocycles. The number of amides is 1. The van der Waals surface area contributed by atoms with E-state index in [9.17, 15) is 4.79 Å². The van der Waals surface area contributed by atoms with E-state index in [4.69, 9.17) is 5.11 Å². The number of β-amino-alcohol motifs (C(OH)–C–C–N with tert-alkyl or cyclic N) is 1. The van der Waals surface area contributed by atoms with E-state index < -0.39 is 0 Å². The predicted molar refractivity (Wildman–Crippen MR) is 66.1 cm³/mol. The Labute approximate surface area is 106 Å². The topological polar surface area (TPSA) is 69.6 Å². The van der Waals surface area contributed by atoms with Crippen LogP contribution in [0.1, 0.15) is 16.8 Å². The Morgan fingerprint density at radius 2 is 2.17 bits per heavy atom. The van der Waals surface area contributed by atoms with Crippen LogP contribution >= 0.6 is 0 Å². The molecule has 0 radical (unpaired) electrons. The first-order valence-electron chi connectivity index (χ1n) is 6.20. The van der Waals surface area contributed by atoms with E-state index in [0.717, 1.165) is 26.1 Å². The zero-order valence-electron chi connectivity index (χ0n) is 10.3. The Morgan fingerprint density at radius 1 is 1.28 bits per heavy atom. The number of nitrogens with zero attached hydrogens (tertiary/aromatic N) is 4. The van der Waals surface area contributed by atoms with Gasteiger partial charge in [-0.15, -0.1) is 0 Å². The van der Waals surface area contributed by atoms with Gasteiger partial charge in [-0.3, -0.25) is 9.69 Å². The molecule has 6 nitrogen and oxygen atoms in total. The highest BCUT2D eigenvalue weighted by atomic mass is 16.3. The Kier molecular flexibility index (Phi) is 4.60. The summed E-state index contributed by atoms with van der Waals surface area (Å²) < 4.78 is 0. The quantitative estimate of drug-likeness (QED) is 0.791. The Bertz CT molecular complexity index is 385. The fourth-order valence-corrected chi connectivity index (χ4v) is 2.14. The number of aromatic nitrogens is 2. The van der Waals surface area contributed by atoms with Crippen molar-refractivity contribution in [1.82, 2.24) is 20.0 Å². The van der Waals surface area contributed by atoms with Gasteiger partial charge < -0.3 is 10.0 Å². The SMILES string of the molecule is O=C(c1ccnnc1)N1CCCN(CCO)CC1. The fraction of sp³-hybridized carbons (Fsp3) is 0.583. The molecule has 1 saturated heterocycles. The lowest BCUT2D eigenvalue weighted by Gasteiger charge is -2.21. The molecule has 0 bridgehead atoms. The van der Waals surface area contributed by atoms with Gasteiger partial charge in [0.2, 0.25) is 0 Å². The molecule has 1 fully saturated rings. The van der Waals surface area contributed by atoms with Crippen LogP contribution in [0.15, 0.2) is 18.5 Å². The van der Waals surface area contributed by atoms with Crippen molar-refractivity contribution in [3.8, 4) is 0 Å². The van der Waals surface area contributed by atoms with Crippen molar-refractivity contribution in [2.24, 2.45) is 0 Å². The summed E-state index contributed by atoms with van der Waals surface area (Å²) in [6.07, 6.45) is 3.96. The van der Waals surface area contributed by atoms with Gasteiger partial charge >= 0.3 is 0 Å². The number of carbonyl (C=O) groups is 1. The Balaban J connectivity index is 1.96. The molecule has 2 heterocycles. The van der Waals surface area contributed by atoms with Crippen molar-refractivity contribution in [3.63, 3.8) is 0 Å². The lowest BCUT2D eigenvalue weighted by molar-refractivity contribution is 0.0760. The van der Waals surface area contributed by atoms with Crippen LogP contribution in [0.25, 0.3) is 0 Å². The molecule has 1 amide bonds. The number of carbonyl (C=O) groups excluding carboxylic acids is 1. The minimum Gasteiger partial charge on any atom is -0.395 e. The van der Waals surface area contributed by atoms with Crippen LogP contribution in [0, 0.1) is 0 Å². The van der Waals surface area contributed by atoms with Crippen LogP contribution in [0.2, 0.25) is 0 Å². The standard InChI is InChI=1S/C12H18N4O2/c17-9-8-15-4-1-5-16(7-6-15)12(18)11-2-3-13-14-10-11/h2-3,10,17H,1,4-9H2. The Hall–Kier alpha value is -1.53. The van der Waals surface area contributed by atoms with Gasteiger partial charge in [0.05, 0.1) is 24.6 Å². The van der Waals surface area contributed by atoms with Gasteiger partial charge in [0.1, 0.15) is 0 Å². The smallest absolute Gasteiger partial charge is 0.255 e. The zero-order valence-corrected chi connectivity index (χ0v) is 10.3. The van der Waals surface area contributed by atoms with Crippen LogP contribution in [0.5, 0.6) is 0 Å². The molecule has 0 aromatic carbocycles. The summed E-state index contributed by atoms with van der Waals surface area (Å²) >= 11 is 0. The van der Waals surface area contributed by atoms with E-state index in [-0.39, 0.29) is 12.5 Å². The number of hydrogen-bond acceptors (Lipinski definition) is 5. The van der Waals surface area contributed by atoms with Gasteiger partial charge in [-0.05, 0) is 19.0 Å². The van der Waals surface area contributed by atoms with Crippen molar-refractivity contribution >= 4 is 5.91 Å². The summed E-state index contributed by atoms with van der Waals surface area (Å²) in [5.74, 6) is 0.00995. The molecule has 1 N–H and O–H groups in total. The maximum absolute atomic E-state index is 12.2. The third-order valence-corrected chi connectivity index (χ3v) is 3.12. The molecule has 1 aliphatic heterocycles. The summed E-state index contributed by atoms with van der Waals surface area (Å²) in [6.45, 7) is 4.04. The highest BCUT2D eigenvalue weighted by Gasteiger charge is 2.19. The summed E-state index contributed by atoms with van der Waals surface area (Å²) in [6, 6.07) is 1.69. The first kappa shape index (κ1) is 12.9. The third-order valence-electron chi connectivity index (χ3n) is 3.12. The second kappa shape index (κ2) is 6.42. The van der Waals surface area contributed by atoms with Crippen molar-refractivity contribution in [2.75, 3.05) is 39.3 Å². The predicted octanol–water partition coefficient (Wildman–Crippen LogP) is -0.383. The maximum Gasteiger partial charge on any atom is 0.255 e. The minimum absolute atomic E-state index is 0.00995. The minimum atomic E-state index is 0.00995. The molecule has 0 spiro atoms. The molecule has 0 saturated carbocycles. The second-order valence-corrected chi connectivity index (χ2v) is 4.34. The second-order valence-electron chi connectivity index (χ2n) is 4.34. The van der Waals surface area contributed by atoms with Gasteiger partial charge in [-0.1, -0.05) is 0 Å². The number of hydrogen-bond donors (Lipinski definition) is 1. The third kappa shape index (κ3) is 3.24. The summed E-state index contributed by atoms with van der Waals surface area (Å²) in [5, 5.41) is 16.3. The molecule has 1 aromatic rings. The molecule has 1 aliphatic rings. The molecule has 2 rings (SSSR count). The summed E-state index contributed by atoms with van der Waals surface area (Å²) in [4.78, 5) is 16.2. The van der Waals surface area contributed by atoms with Crippen molar-refractivity contribution < 1.29 is 9.90 Å². The van der Waals surface area contributed by atoms with Gasteiger partial charge in [0, 0.05) is 26.2 Å². The van der Waals surface area contributed by atoms with Crippen LogP contribution < -0.4 is 0 Å².